The summed E-state index contributed by atoms with van der Waals surface area (Å²) in [5, 5.41) is 0. The maximum absolute atomic E-state index is 14.2. The molecule has 0 spiro atoms. The van der Waals surface area contributed by atoms with E-state index in [1.807, 2.05) is 11.8 Å². The van der Waals surface area contributed by atoms with E-state index in [0.29, 0.717) is 74.8 Å². The molecule has 16 heteroatoms. The molecule has 262 valence electrons. The minimum Gasteiger partial charge on any atom is -0.340 e. The van der Waals surface area contributed by atoms with Crippen molar-refractivity contribution in [3.63, 3.8) is 0 Å². The van der Waals surface area contributed by atoms with Gasteiger partial charge in [-0.3, -0.25) is 4.79 Å². The summed E-state index contributed by atoms with van der Waals surface area (Å²) in [6.07, 6.45) is 5.17. The van der Waals surface area contributed by atoms with Crippen LogP contribution in [0.25, 0.3) is 0 Å². The number of carbonyl (C=O) groups excluding carboxylic acids is 1. The topological polar surface area (TPSA) is 98.3 Å². The lowest BCUT2D eigenvalue weighted by atomic mass is 9.78. The molecular weight excluding hydrogens is 655 g/mol. The molecule has 3 fully saturated rings. The first-order chi connectivity index (χ1) is 21.5. The second kappa shape index (κ2) is 15.1. The SMILES string of the molecule is CCN(C(=O)CC1CCN(S(C)(=O)=O)CC1)C1CCN(CCC(c2cc(F)cc(F)c2)C2CCN(S(=O)(=O)C(F)(F)F)CC2)CC1. The number of rotatable bonds is 11. The summed E-state index contributed by atoms with van der Waals surface area (Å²) in [7, 11) is -8.67. The Morgan fingerprint density at radius 1 is 0.870 bits per heavy atom. The van der Waals surface area contributed by atoms with E-state index in [4.69, 9.17) is 0 Å². The third kappa shape index (κ3) is 9.17. The number of amides is 1. The number of sulfonamides is 2. The van der Waals surface area contributed by atoms with Crippen LogP contribution in [0.1, 0.15) is 69.8 Å². The quantitative estimate of drug-likeness (QED) is 0.318. The summed E-state index contributed by atoms with van der Waals surface area (Å²) in [5.41, 5.74) is -4.97. The Balaban J connectivity index is 1.32. The van der Waals surface area contributed by atoms with Gasteiger partial charge in [0.25, 0.3) is 0 Å². The van der Waals surface area contributed by atoms with Gasteiger partial charge in [0.15, 0.2) is 0 Å². The number of nitrogens with zero attached hydrogens (tertiary/aromatic N) is 4. The fraction of sp³-hybridized carbons (Fsp3) is 0.767. The van der Waals surface area contributed by atoms with Gasteiger partial charge in [0, 0.05) is 64.3 Å². The summed E-state index contributed by atoms with van der Waals surface area (Å²) in [4.78, 5) is 17.4. The highest BCUT2D eigenvalue weighted by Crippen LogP contribution is 2.39. The van der Waals surface area contributed by atoms with Crippen molar-refractivity contribution in [2.45, 2.75) is 75.8 Å². The summed E-state index contributed by atoms with van der Waals surface area (Å²) < 4.78 is 117. The highest BCUT2D eigenvalue weighted by molar-refractivity contribution is 7.90. The van der Waals surface area contributed by atoms with Gasteiger partial charge in [0.2, 0.25) is 15.9 Å². The molecule has 0 aromatic heterocycles. The first-order valence-corrected chi connectivity index (χ1v) is 19.3. The van der Waals surface area contributed by atoms with Crippen molar-refractivity contribution >= 4 is 26.0 Å². The van der Waals surface area contributed by atoms with Crippen molar-refractivity contribution in [2.24, 2.45) is 11.8 Å². The van der Waals surface area contributed by atoms with Gasteiger partial charge in [-0.1, -0.05) is 0 Å². The zero-order valence-corrected chi connectivity index (χ0v) is 28.0. The molecule has 46 heavy (non-hydrogen) atoms. The fourth-order valence-corrected chi connectivity index (χ4v) is 9.21. The molecule has 3 heterocycles. The lowest BCUT2D eigenvalue weighted by Crippen LogP contribution is -2.48. The van der Waals surface area contributed by atoms with Crippen LogP contribution in [-0.4, -0.2) is 111 Å². The first-order valence-electron chi connectivity index (χ1n) is 16.0. The van der Waals surface area contributed by atoms with Gasteiger partial charge in [-0.05, 0) is 93.9 Å². The summed E-state index contributed by atoms with van der Waals surface area (Å²) in [5.74, 6) is -1.90. The Morgan fingerprint density at radius 3 is 1.91 bits per heavy atom. The molecule has 4 rings (SSSR count). The zero-order valence-electron chi connectivity index (χ0n) is 26.4. The van der Waals surface area contributed by atoms with E-state index in [2.05, 4.69) is 4.90 Å². The van der Waals surface area contributed by atoms with Crippen LogP contribution in [0.3, 0.4) is 0 Å². The molecule has 3 saturated heterocycles. The van der Waals surface area contributed by atoms with Crippen LogP contribution >= 0.6 is 0 Å². The highest BCUT2D eigenvalue weighted by atomic mass is 32.2. The Labute approximate surface area is 269 Å². The third-order valence-electron chi connectivity index (χ3n) is 9.93. The largest absolute Gasteiger partial charge is 0.511 e. The zero-order chi connectivity index (χ0) is 33.9. The number of halogens is 5. The van der Waals surface area contributed by atoms with Crippen LogP contribution in [0.2, 0.25) is 0 Å². The van der Waals surface area contributed by atoms with Gasteiger partial charge in [-0.25, -0.2) is 29.9 Å². The minimum atomic E-state index is -5.44. The van der Waals surface area contributed by atoms with Crippen molar-refractivity contribution in [2.75, 3.05) is 58.6 Å². The van der Waals surface area contributed by atoms with Crippen LogP contribution in [-0.2, 0) is 24.8 Å². The van der Waals surface area contributed by atoms with Crippen molar-refractivity contribution in [1.82, 2.24) is 18.4 Å². The van der Waals surface area contributed by atoms with Gasteiger partial charge in [0.1, 0.15) is 11.6 Å². The van der Waals surface area contributed by atoms with E-state index in [1.165, 1.54) is 22.7 Å². The molecule has 0 aliphatic carbocycles. The number of hydrogen-bond donors (Lipinski definition) is 0. The molecule has 0 radical (unpaired) electrons. The molecular formula is C30H45F5N4O5S2. The van der Waals surface area contributed by atoms with E-state index in [-0.39, 0.29) is 55.6 Å². The lowest BCUT2D eigenvalue weighted by molar-refractivity contribution is -0.135. The Morgan fingerprint density at radius 2 is 1.41 bits per heavy atom. The van der Waals surface area contributed by atoms with Crippen molar-refractivity contribution < 1.29 is 43.6 Å². The highest BCUT2D eigenvalue weighted by Gasteiger charge is 2.50. The maximum atomic E-state index is 14.2. The van der Waals surface area contributed by atoms with E-state index in [9.17, 15) is 43.6 Å². The number of hydrogen-bond acceptors (Lipinski definition) is 6. The normalized spacial score (nSPS) is 21.8. The monoisotopic (exact) mass is 700 g/mol. The predicted molar refractivity (Wildman–Crippen MR) is 164 cm³/mol. The van der Waals surface area contributed by atoms with Crippen molar-refractivity contribution in [1.29, 1.82) is 0 Å². The molecule has 0 N–H and O–H groups in total. The van der Waals surface area contributed by atoms with Crippen LogP contribution in [0.15, 0.2) is 18.2 Å². The van der Waals surface area contributed by atoms with Crippen molar-refractivity contribution in [3.8, 4) is 0 Å². The van der Waals surface area contributed by atoms with Gasteiger partial charge >= 0.3 is 15.5 Å². The number of piperidine rings is 3. The first kappa shape index (κ1) is 36.9. The smallest absolute Gasteiger partial charge is 0.340 e. The van der Waals surface area contributed by atoms with Crippen LogP contribution in [0.5, 0.6) is 0 Å². The molecule has 0 bridgehead atoms. The molecule has 1 amide bonds. The van der Waals surface area contributed by atoms with E-state index in [0.717, 1.165) is 18.9 Å². The number of alkyl halides is 3. The maximum Gasteiger partial charge on any atom is 0.511 e. The summed E-state index contributed by atoms with van der Waals surface area (Å²) in [6.45, 7) is 4.73. The molecule has 3 aliphatic rings. The average molecular weight is 701 g/mol. The van der Waals surface area contributed by atoms with Crippen LogP contribution < -0.4 is 0 Å². The van der Waals surface area contributed by atoms with Gasteiger partial charge < -0.3 is 9.80 Å². The van der Waals surface area contributed by atoms with Gasteiger partial charge in [0.05, 0.1) is 6.26 Å². The van der Waals surface area contributed by atoms with E-state index in [1.54, 1.807) is 0 Å². The summed E-state index contributed by atoms with van der Waals surface area (Å²) >= 11 is 0. The van der Waals surface area contributed by atoms with Gasteiger partial charge in [-0.2, -0.15) is 17.5 Å². The van der Waals surface area contributed by atoms with E-state index < -0.39 is 37.2 Å². The van der Waals surface area contributed by atoms with Crippen LogP contribution in [0, 0.1) is 23.5 Å². The summed E-state index contributed by atoms with van der Waals surface area (Å²) in [6, 6.07) is 3.32. The van der Waals surface area contributed by atoms with Gasteiger partial charge in [-0.15, -0.1) is 0 Å². The second-order valence-electron chi connectivity index (χ2n) is 12.8. The standard InChI is InChI=1S/C30H45F5N4O5S2/c1-3-39(29(40)18-22-4-14-37(15-5-22)45(2,41)42)27-8-11-36(12-9-27)13-10-28(24-19-25(31)21-26(32)20-24)23-6-16-38(17-7-23)46(43,44)30(33,34)35/h19-23,27-28H,3-18H2,1-2H3. The third-order valence-corrected chi connectivity index (χ3v) is 12.9. The molecule has 1 atom stereocenters. The molecule has 0 saturated carbocycles. The number of benzene rings is 1. The molecule has 1 aromatic carbocycles. The lowest BCUT2D eigenvalue weighted by Gasteiger charge is -2.40. The molecule has 3 aliphatic heterocycles. The Kier molecular flexibility index (Phi) is 12.1. The Hall–Kier alpha value is -1.88. The molecule has 1 unspecified atom stereocenters. The van der Waals surface area contributed by atoms with E-state index >= 15 is 0 Å². The predicted octanol–water partition coefficient (Wildman–Crippen LogP) is 4.37. The van der Waals surface area contributed by atoms with Crippen molar-refractivity contribution in [3.05, 3.63) is 35.4 Å². The Bertz CT molecular complexity index is 1380. The van der Waals surface area contributed by atoms with Crippen LogP contribution in [0.4, 0.5) is 22.0 Å². The number of carbonyl (C=O) groups is 1. The molecule has 1 aromatic rings. The average Bonchev–Trinajstić information content (AvgIpc) is 2.97. The second-order valence-corrected chi connectivity index (χ2v) is 16.8. The minimum absolute atomic E-state index is 0.0675. The fourth-order valence-electron chi connectivity index (χ4n) is 7.35. The number of likely N-dealkylation sites (tertiary alicyclic amines) is 1. The molecule has 9 nitrogen and oxygen atoms in total.